The van der Waals surface area contributed by atoms with Crippen LogP contribution in [0.1, 0.15) is 5.56 Å². The molecular formula is C18H17N9S. The lowest BCUT2D eigenvalue weighted by atomic mass is 10.2. The Morgan fingerprint density at radius 2 is 2.11 bits per heavy atom. The van der Waals surface area contributed by atoms with E-state index < -0.39 is 0 Å². The molecule has 2 aliphatic heterocycles. The van der Waals surface area contributed by atoms with E-state index in [-0.39, 0.29) is 0 Å². The maximum Gasteiger partial charge on any atom is 0.244 e. The second kappa shape index (κ2) is 6.50. The van der Waals surface area contributed by atoms with Crippen LogP contribution in [0.25, 0.3) is 11.2 Å². The molecule has 0 aliphatic carbocycles. The van der Waals surface area contributed by atoms with E-state index in [1.807, 2.05) is 83.1 Å². The van der Waals surface area contributed by atoms with Crippen molar-refractivity contribution in [3.63, 3.8) is 0 Å². The predicted molar refractivity (Wildman–Crippen MR) is 109 cm³/mol. The fourth-order valence-corrected chi connectivity index (χ4v) is 3.49. The number of hydrogen-bond acceptors (Lipinski definition) is 9. The van der Waals surface area contributed by atoms with Gasteiger partial charge >= 0.3 is 0 Å². The monoisotopic (exact) mass is 391 g/mol. The Morgan fingerprint density at radius 3 is 2.93 bits per heavy atom. The Balaban J connectivity index is 1.52. The minimum absolute atomic E-state index is 0.520. The van der Waals surface area contributed by atoms with Crippen LogP contribution in [0.2, 0.25) is 0 Å². The van der Waals surface area contributed by atoms with E-state index in [1.165, 1.54) is 11.7 Å². The quantitative estimate of drug-likeness (QED) is 0.686. The van der Waals surface area contributed by atoms with Gasteiger partial charge in [-0.2, -0.15) is 9.37 Å². The van der Waals surface area contributed by atoms with Crippen molar-refractivity contribution in [1.82, 2.24) is 28.9 Å². The van der Waals surface area contributed by atoms with E-state index in [0.29, 0.717) is 5.96 Å². The molecule has 9 nitrogen and oxygen atoms in total. The topological polar surface area (TPSA) is 85.5 Å². The molecule has 0 unspecified atom stereocenters. The van der Waals surface area contributed by atoms with Crippen LogP contribution >= 0.6 is 11.7 Å². The summed E-state index contributed by atoms with van der Waals surface area (Å²) in [6.45, 7) is 0. The molecule has 2 aliphatic rings. The van der Waals surface area contributed by atoms with Crippen LogP contribution in [-0.4, -0.2) is 38.2 Å². The molecular weight excluding hydrogens is 374 g/mol. The number of aliphatic imine (C=N–C) groups is 1. The second-order valence-electron chi connectivity index (χ2n) is 6.44. The highest BCUT2D eigenvalue weighted by atomic mass is 32.1. The zero-order valence-corrected chi connectivity index (χ0v) is 16.1. The SMILES string of the molecule is CN(C)c1ccc(C2=C3N=C(N=c4ccn5sncc5c4)NN3C=CN2)cn1. The van der Waals surface area contributed by atoms with E-state index >= 15 is 0 Å². The van der Waals surface area contributed by atoms with Crippen LogP contribution in [0.3, 0.4) is 0 Å². The number of pyridine rings is 2. The van der Waals surface area contributed by atoms with E-state index in [4.69, 9.17) is 0 Å². The first kappa shape index (κ1) is 16.5. The third-order valence-electron chi connectivity index (χ3n) is 4.32. The number of nitrogens with zero attached hydrogens (tertiary/aromatic N) is 7. The molecule has 5 rings (SSSR count). The maximum absolute atomic E-state index is 4.66. The van der Waals surface area contributed by atoms with Crippen LogP contribution in [0.15, 0.2) is 71.1 Å². The molecule has 0 radical (unpaired) electrons. The first-order chi connectivity index (χ1) is 13.7. The molecule has 0 saturated carbocycles. The summed E-state index contributed by atoms with van der Waals surface area (Å²) in [7, 11) is 3.93. The summed E-state index contributed by atoms with van der Waals surface area (Å²) in [6.07, 6.45) is 9.31. The number of guanidine groups is 1. The molecule has 0 aromatic carbocycles. The molecule has 28 heavy (non-hydrogen) atoms. The Kier molecular flexibility index (Phi) is 3.83. The highest BCUT2D eigenvalue weighted by molar-refractivity contribution is 7.00. The van der Waals surface area contributed by atoms with Crippen molar-refractivity contribution < 1.29 is 0 Å². The van der Waals surface area contributed by atoms with Gasteiger partial charge in [-0.3, -0.25) is 9.22 Å². The Hall–Kier alpha value is -3.66. The normalized spacial score (nSPS) is 16.1. The van der Waals surface area contributed by atoms with Gasteiger partial charge in [0.25, 0.3) is 0 Å². The first-order valence-corrected chi connectivity index (χ1v) is 9.34. The number of fused-ring (bicyclic) bond motifs is 2. The van der Waals surface area contributed by atoms with E-state index in [9.17, 15) is 0 Å². The number of rotatable bonds is 2. The minimum Gasteiger partial charge on any atom is -0.363 e. The summed E-state index contributed by atoms with van der Waals surface area (Å²) in [5.74, 6) is 2.16. The van der Waals surface area contributed by atoms with Gasteiger partial charge in [0.05, 0.1) is 34.5 Å². The summed E-state index contributed by atoms with van der Waals surface area (Å²) in [5.41, 5.74) is 6.01. The molecule has 0 bridgehead atoms. The number of hydrogen-bond donors (Lipinski definition) is 2. The van der Waals surface area contributed by atoms with Crippen LogP contribution in [0, 0.1) is 0 Å². The smallest absolute Gasteiger partial charge is 0.244 e. The lowest BCUT2D eigenvalue weighted by molar-refractivity contribution is 0.432. The van der Waals surface area contributed by atoms with Gasteiger partial charge in [-0.05, 0) is 24.3 Å². The van der Waals surface area contributed by atoms with Crippen molar-refractivity contribution in [3.05, 3.63) is 72.0 Å². The third-order valence-corrected chi connectivity index (χ3v) is 5.02. The number of nitrogens with one attached hydrogen (secondary N) is 2. The Morgan fingerprint density at radius 1 is 1.18 bits per heavy atom. The Labute approximate surface area is 165 Å². The van der Waals surface area contributed by atoms with Gasteiger partial charge in [0.15, 0.2) is 5.82 Å². The van der Waals surface area contributed by atoms with Crippen LogP contribution in [-0.2, 0) is 0 Å². The average Bonchev–Trinajstić information content (AvgIpc) is 3.33. The van der Waals surface area contributed by atoms with Crippen molar-refractivity contribution in [2.45, 2.75) is 0 Å². The average molecular weight is 391 g/mol. The predicted octanol–water partition coefficient (Wildman–Crippen LogP) is 1.33. The molecule has 2 N–H and O–H groups in total. The van der Waals surface area contributed by atoms with E-state index in [0.717, 1.165) is 33.8 Å². The zero-order valence-electron chi connectivity index (χ0n) is 15.2. The van der Waals surface area contributed by atoms with Crippen molar-refractivity contribution in [1.29, 1.82) is 0 Å². The number of hydrazine groups is 1. The number of anilines is 1. The fourth-order valence-electron chi connectivity index (χ4n) is 2.93. The van der Waals surface area contributed by atoms with Crippen molar-refractivity contribution in [3.8, 4) is 0 Å². The van der Waals surface area contributed by atoms with E-state index in [2.05, 4.69) is 30.1 Å². The van der Waals surface area contributed by atoms with Crippen LogP contribution in [0.5, 0.6) is 0 Å². The van der Waals surface area contributed by atoms with Gasteiger partial charge in [0.2, 0.25) is 5.96 Å². The lowest BCUT2D eigenvalue weighted by Gasteiger charge is -2.22. The van der Waals surface area contributed by atoms with Crippen molar-refractivity contribution in [2.24, 2.45) is 9.98 Å². The second-order valence-corrected chi connectivity index (χ2v) is 7.21. The van der Waals surface area contributed by atoms with E-state index in [1.54, 1.807) is 0 Å². The highest BCUT2D eigenvalue weighted by Crippen LogP contribution is 2.25. The molecule has 0 saturated heterocycles. The van der Waals surface area contributed by atoms with Gasteiger partial charge in [-0.1, -0.05) is 0 Å². The Bertz CT molecular complexity index is 1200. The fraction of sp³-hybridized carbons (Fsp3) is 0.111. The molecule has 0 spiro atoms. The summed E-state index contributed by atoms with van der Waals surface area (Å²) in [6, 6.07) is 7.90. The van der Waals surface area contributed by atoms with Crippen LogP contribution < -0.4 is 21.0 Å². The van der Waals surface area contributed by atoms with Crippen LogP contribution in [0.4, 0.5) is 5.82 Å². The summed E-state index contributed by atoms with van der Waals surface area (Å²) in [4.78, 5) is 15.7. The molecule has 0 atom stereocenters. The largest absolute Gasteiger partial charge is 0.363 e. The lowest BCUT2D eigenvalue weighted by Crippen LogP contribution is -2.34. The molecule has 3 aromatic rings. The summed E-state index contributed by atoms with van der Waals surface area (Å²) >= 11 is 1.39. The van der Waals surface area contributed by atoms with Gasteiger partial charge < -0.3 is 10.2 Å². The first-order valence-electron chi connectivity index (χ1n) is 8.61. The molecule has 5 heterocycles. The molecule has 140 valence electrons. The summed E-state index contributed by atoms with van der Waals surface area (Å²) in [5, 5.41) is 5.91. The van der Waals surface area contributed by atoms with Crippen molar-refractivity contribution in [2.75, 3.05) is 19.0 Å². The summed E-state index contributed by atoms with van der Waals surface area (Å²) < 4.78 is 6.14. The standard InChI is InChI=1S/C18H17N9S/c1-25(2)15-4-3-12(10-20-15)16-17-23-18(24-26(17)8-6-19-16)22-13-5-7-27-14(9-13)11-21-28-27/h3-11,19H,1-2H3,(H,23,24). The molecule has 10 heteroatoms. The van der Waals surface area contributed by atoms with Gasteiger partial charge in [0, 0.05) is 44.5 Å². The zero-order chi connectivity index (χ0) is 19.1. The maximum atomic E-state index is 4.66. The van der Waals surface area contributed by atoms with Gasteiger partial charge in [-0.15, -0.1) is 0 Å². The minimum atomic E-state index is 0.520. The molecule has 0 amide bonds. The van der Waals surface area contributed by atoms with Gasteiger partial charge in [-0.25, -0.2) is 15.0 Å². The highest BCUT2D eigenvalue weighted by Gasteiger charge is 2.24. The van der Waals surface area contributed by atoms with Crippen molar-refractivity contribution >= 4 is 34.7 Å². The molecule has 3 aromatic heterocycles. The third kappa shape index (κ3) is 2.89. The number of aromatic nitrogens is 3. The van der Waals surface area contributed by atoms with Gasteiger partial charge in [0.1, 0.15) is 5.82 Å². The molecule has 0 fully saturated rings.